The summed E-state index contributed by atoms with van der Waals surface area (Å²) in [5.41, 5.74) is 4.61. The van der Waals surface area contributed by atoms with Crippen LogP contribution in [0.5, 0.6) is 0 Å². The van der Waals surface area contributed by atoms with Crippen molar-refractivity contribution < 1.29 is 4.74 Å². The van der Waals surface area contributed by atoms with Gasteiger partial charge in [-0.15, -0.1) is 0 Å². The second-order valence-electron chi connectivity index (χ2n) is 6.66. The maximum absolute atomic E-state index is 5.87. The number of hydrogen-bond donors (Lipinski definition) is 2. The van der Waals surface area contributed by atoms with Gasteiger partial charge in [-0.3, -0.25) is 16.0 Å². The first-order chi connectivity index (χ1) is 9.29. The maximum Gasteiger partial charge on any atom is 0.0713 e. The van der Waals surface area contributed by atoms with Crippen molar-refractivity contribution in [1.82, 2.24) is 15.2 Å². The van der Waals surface area contributed by atoms with Crippen LogP contribution >= 0.6 is 15.9 Å². The first kappa shape index (κ1) is 15.9. The van der Waals surface area contributed by atoms with E-state index < -0.39 is 0 Å². The third-order valence-corrected chi connectivity index (χ3v) is 5.89. The molecule has 0 radical (unpaired) electrons. The van der Waals surface area contributed by atoms with Crippen LogP contribution < -0.4 is 11.3 Å². The van der Waals surface area contributed by atoms with Crippen molar-refractivity contribution in [3.05, 3.63) is 16.4 Å². The van der Waals surface area contributed by atoms with E-state index in [9.17, 15) is 0 Å². The van der Waals surface area contributed by atoms with E-state index in [0.717, 1.165) is 16.7 Å². The Morgan fingerprint density at radius 1 is 1.45 bits per heavy atom. The average Bonchev–Trinajstić information content (AvgIpc) is 2.67. The molecule has 1 unspecified atom stereocenters. The van der Waals surface area contributed by atoms with Gasteiger partial charge < -0.3 is 4.74 Å². The molecule has 1 aliphatic carbocycles. The van der Waals surface area contributed by atoms with Gasteiger partial charge in [-0.25, -0.2) is 0 Å². The summed E-state index contributed by atoms with van der Waals surface area (Å²) in [6, 6.07) is 0.0775. The van der Waals surface area contributed by atoms with Gasteiger partial charge >= 0.3 is 0 Å². The molecular formula is C14H25BrN4O. The van der Waals surface area contributed by atoms with Gasteiger partial charge in [0.15, 0.2) is 0 Å². The largest absolute Gasteiger partial charge is 0.383 e. The van der Waals surface area contributed by atoms with Crippen molar-refractivity contribution in [1.29, 1.82) is 0 Å². The molecule has 6 heteroatoms. The molecule has 1 atom stereocenters. The molecule has 0 bridgehead atoms. The van der Waals surface area contributed by atoms with Crippen LogP contribution in [-0.2, 0) is 11.3 Å². The molecule has 1 aromatic heterocycles. The second kappa shape index (κ2) is 5.40. The van der Waals surface area contributed by atoms with E-state index in [1.54, 1.807) is 7.11 Å². The van der Waals surface area contributed by atoms with Crippen LogP contribution in [0.15, 0.2) is 10.7 Å². The molecule has 0 saturated heterocycles. The molecule has 1 heterocycles. The van der Waals surface area contributed by atoms with Gasteiger partial charge in [-0.1, -0.05) is 27.7 Å². The molecule has 0 amide bonds. The van der Waals surface area contributed by atoms with Crippen LogP contribution in [0.1, 0.15) is 39.4 Å². The standard InChI is InChI=1S/C14H25BrN4O/c1-13(2)12(14(13,3)4)10(18-16)11-9(15)8-17-19(11)6-7-20-5/h8,10,12,18H,6-7,16H2,1-5H3. The zero-order valence-corrected chi connectivity index (χ0v) is 14.5. The Hall–Kier alpha value is -0.430. The fraction of sp³-hybridized carbons (Fsp3) is 0.786. The van der Waals surface area contributed by atoms with Gasteiger partial charge in [0.25, 0.3) is 0 Å². The topological polar surface area (TPSA) is 65.1 Å². The maximum atomic E-state index is 5.87. The molecule has 1 aromatic rings. The first-order valence-corrected chi connectivity index (χ1v) is 7.74. The minimum atomic E-state index is 0.0775. The molecular weight excluding hydrogens is 320 g/mol. The van der Waals surface area contributed by atoms with E-state index in [2.05, 4.69) is 54.1 Å². The summed E-state index contributed by atoms with van der Waals surface area (Å²) in [5.74, 6) is 6.34. The number of nitrogens with zero attached hydrogens (tertiary/aromatic N) is 2. The molecule has 1 saturated carbocycles. The molecule has 3 N–H and O–H groups in total. The molecule has 114 valence electrons. The Morgan fingerprint density at radius 3 is 2.50 bits per heavy atom. The quantitative estimate of drug-likeness (QED) is 0.614. The highest BCUT2D eigenvalue weighted by Gasteiger charge is 2.67. The summed E-state index contributed by atoms with van der Waals surface area (Å²) in [6.07, 6.45) is 1.83. The van der Waals surface area contributed by atoms with Crippen molar-refractivity contribution >= 4 is 15.9 Å². The smallest absolute Gasteiger partial charge is 0.0713 e. The van der Waals surface area contributed by atoms with Crippen LogP contribution in [0.3, 0.4) is 0 Å². The van der Waals surface area contributed by atoms with Crippen LogP contribution in [0.2, 0.25) is 0 Å². The minimum Gasteiger partial charge on any atom is -0.383 e. The molecule has 0 aromatic carbocycles. The molecule has 5 nitrogen and oxygen atoms in total. The highest BCUT2D eigenvalue weighted by molar-refractivity contribution is 9.10. The number of nitrogens with one attached hydrogen (secondary N) is 1. The summed E-state index contributed by atoms with van der Waals surface area (Å²) in [7, 11) is 1.70. The molecule has 1 aliphatic rings. The predicted octanol–water partition coefficient (Wildman–Crippen LogP) is 2.48. The van der Waals surface area contributed by atoms with Gasteiger partial charge in [0.2, 0.25) is 0 Å². The van der Waals surface area contributed by atoms with Crippen LogP contribution in [0, 0.1) is 16.7 Å². The molecule has 20 heavy (non-hydrogen) atoms. The highest BCUT2D eigenvalue weighted by Crippen LogP contribution is 2.72. The lowest BCUT2D eigenvalue weighted by Gasteiger charge is -2.20. The fourth-order valence-corrected chi connectivity index (χ4v) is 3.99. The van der Waals surface area contributed by atoms with Crippen molar-refractivity contribution in [3.8, 4) is 0 Å². The number of methoxy groups -OCH3 is 1. The third kappa shape index (κ3) is 2.32. The van der Waals surface area contributed by atoms with Gasteiger partial charge in [-0.05, 0) is 32.7 Å². The number of rotatable bonds is 6. The Balaban J connectivity index is 2.32. The Kier molecular flexibility index (Phi) is 4.31. The van der Waals surface area contributed by atoms with E-state index in [1.807, 2.05) is 10.9 Å². The highest BCUT2D eigenvalue weighted by atomic mass is 79.9. The van der Waals surface area contributed by atoms with E-state index in [1.165, 1.54) is 0 Å². The van der Waals surface area contributed by atoms with Gasteiger partial charge in [0.1, 0.15) is 0 Å². The van der Waals surface area contributed by atoms with Gasteiger partial charge in [-0.2, -0.15) is 5.10 Å². The van der Waals surface area contributed by atoms with Crippen molar-refractivity contribution in [2.75, 3.05) is 13.7 Å². The Labute approximate surface area is 129 Å². The summed E-state index contributed by atoms with van der Waals surface area (Å²) in [4.78, 5) is 0. The van der Waals surface area contributed by atoms with Crippen molar-refractivity contribution in [2.45, 2.75) is 40.3 Å². The van der Waals surface area contributed by atoms with Gasteiger partial charge in [0, 0.05) is 7.11 Å². The number of hydrogen-bond acceptors (Lipinski definition) is 4. The number of hydrazine groups is 1. The minimum absolute atomic E-state index is 0.0775. The number of aromatic nitrogens is 2. The first-order valence-electron chi connectivity index (χ1n) is 6.95. The molecule has 0 spiro atoms. The Bertz CT molecular complexity index is 470. The van der Waals surface area contributed by atoms with Gasteiger partial charge in [0.05, 0.1) is 35.6 Å². The summed E-state index contributed by atoms with van der Waals surface area (Å²) in [5, 5.41) is 4.42. The lowest BCUT2D eigenvalue weighted by Crippen LogP contribution is -2.33. The monoisotopic (exact) mass is 344 g/mol. The molecule has 1 fully saturated rings. The summed E-state index contributed by atoms with van der Waals surface area (Å²) < 4.78 is 8.12. The zero-order chi connectivity index (χ0) is 15.1. The Morgan fingerprint density at radius 2 is 2.05 bits per heavy atom. The number of halogens is 1. The summed E-state index contributed by atoms with van der Waals surface area (Å²) >= 11 is 3.60. The van der Waals surface area contributed by atoms with Crippen molar-refractivity contribution in [2.24, 2.45) is 22.6 Å². The van der Waals surface area contributed by atoms with Crippen LogP contribution in [-0.4, -0.2) is 23.5 Å². The van der Waals surface area contributed by atoms with E-state index in [-0.39, 0.29) is 16.9 Å². The van der Waals surface area contributed by atoms with E-state index in [4.69, 9.17) is 10.6 Å². The third-order valence-electron chi connectivity index (χ3n) is 5.28. The lowest BCUT2D eigenvalue weighted by atomic mass is 10.0. The van der Waals surface area contributed by atoms with E-state index in [0.29, 0.717) is 12.5 Å². The van der Waals surface area contributed by atoms with Crippen LogP contribution in [0.25, 0.3) is 0 Å². The number of ether oxygens (including phenoxy) is 1. The predicted molar refractivity (Wildman–Crippen MR) is 82.9 cm³/mol. The van der Waals surface area contributed by atoms with Crippen LogP contribution in [0.4, 0.5) is 0 Å². The SMILES string of the molecule is COCCn1ncc(Br)c1C(NN)C1C(C)(C)C1(C)C. The van der Waals surface area contributed by atoms with Crippen molar-refractivity contribution in [3.63, 3.8) is 0 Å². The average molecular weight is 345 g/mol. The fourth-order valence-electron chi connectivity index (χ4n) is 3.45. The molecule has 0 aliphatic heterocycles. The normalized spacial score (nSPS) is 21.9. The zero-order valence-electron chi connectivity index (χ0n) is 12.9. The summed E-state index contributed by atoms with van der Waals surface area (Å²) in [6.45, 7) is 10.5. The van der Waals surface area contributed by atoms with E-state index >= 15 is 0 Å². The lowest BCUT2D eigenvalue weighted by molar-refractivity contribution is 0.181. The second-order valence-corrected chi connectivity index (χ2v) is 7.51. The number of nitrogens with two attached hydrogens (primary N) is 1. The molecule has 2 rings (SSSR count).